The first-order valence-corrected chi connectivity index (χ1v) is 38.1. The van der Waals surface area contributed by atoms with Gasteiger partial charge in [-0.05, 0) is 262 Å². The summed E-state index contributed by atoms with van der Waals surface area (Å²) in [4.78, 5) is 56.1. The van der Waals surface area contributed by atoms with E-state index in [2.05, 4.69) is 110 Å². The van der Waals surface area contributed by atoms with Crippen LogP contribution in [-0.2, 0) is 31.2 Å². The van der Waals surface area contributed by atoms with Gasteiger partial charge in [0.1, 0.15) is 17.3 Å². The number of hydrogen-bond acceptors (Lipinski definition) is 13. The lowest BCUT2D eigenvalue weighted by Gasteiger charge is -2.48. The molecule has 6 saturated carbocycles. The number of ketones is 3. The number of Topliss-reactive ketones (excluding diaryl/α,β-unsaturated/α-hetero) is 3. The molecular weight excluding hydrogens is 1240 g/mol. The molecule has 98 heavy (non-hydrogen) atoms. The molecule has 1 aromatic rings. The van der Waals surface area contributed by atoms with Crippen molar-refractivity contribution in [2.24, 2.45) is 99.6 Å². The highest BCUT2D eigenvalue weighted by atomic mass is 16.4. The standard InChI is InChI=1S/C14H18O3.3C13H24O2.C12H22O2.C11H20O3.C7H14O/c1-9(2)14(17)7-3-4-10-8-11(13(15)16)5-6-12(10)14;2*1-9(2)13(15)7-6-11(10(3)14)12(4,5)8-13;1-9(2)13(4,15)12-7-5-11(6-8-12)10(3)14;1-8(2)12(14)6-5-11(10(4)13)9(3)7-12;1-7(2)11(14)5-4-9(10(12)13)8(3)6-11;1-6(2)7(8)4-3-5-7/h5-6,8-9,17H,3-4,7H2,1-2H3,(H,15,16);2*9,11,15H,6-8H2,1-5H3;9,11-12,14-15H,3,5-8H2,1-2,4H3;8-9,11,14H,5-7H2,1-4H3;7-9,14H,4-6H2,1-3H3,(H,12,13);6,8H,3-5H2,1-2H3. The molecule has 0 aliphatic heterocycles. The van der Waals surface area contributed by atoms with Gasteiger partial charge in [0.25, 0.3) is 0 Å². The average molecular weight is 1380 g/mol. The Kier molecular flexibility index (Phi) is 33.9. The molecule has 0 radical (unpaired) electrons. The van der Waals surface area contributed by atoms with Crippen LogP contribution in [0, 0.1) is 99.6 Å². The molecule has 15 heteroatoms. The van der Waals surface area contributed by atoms with E-state index in [4.69, 9.17) is 10.2 Å². The van der Waals surface area contributed by atoms with E-state index in [9.17, 15) is 64.8 Å². The van der Waals surface area contributed by atoms with Gasteiger partial charge in [-0.25, -0.2) is 4.79 Å². The zero-order valence-electron chi connectivity index (χ0n) is 66.2. The lowest BCUT2D eigenvalue weighted by Crippen LogP contribution is -2.48. The molecule has 0 amide bonds. The van der Waals surface area contributed by atoms with Gasteiger partial charge in [-0.1, -0.05) is 151 Å². The molecule has 8 rings (SSSR count). The van der Waals surface area contributed by atoms with E-state index in [1.807, 2.05) is 41.5 Å². The maximum Gasteiger partial charge on any atom is 0.335 e. The molecule has 6 fully saturated rings. The number of fused-ring (bicyclic) bond motifs is 1. The number of aryl methyl sites for hydroxylation is 1. The van der Waals surface area contributed by atoms with Crippen molar-refractivity contribution < 1.29 is 75.0 Å². The van der Waals surface area contributed by atoms with Crippen molar-refractivity contribution in [3.05, 3.63) is 47.2 Å². The summed E-state index contributed by atoms with van der Waals surface area (Å²) in [6, 6.07) is 5.06. The van der Waals surface area contributed by atoms with Crippen LogP contribution >= 0.6 is 0 Å². The molecule has 568 valence electrons. The van der Waals surface area contributed by atoms with Crippen LogP contribution in [0.1, 0.15) is 322 Å². The summed E-state index contributed by atoms with van der Waals surface area (Å²) in [6.07, 6.45) is 18.6. The lowest BCUT2D eigenvalue weighted by molar-refractivity contribution is -0.149. The fraction of sp³-hybridized carbons (Fsp3) is 0.843. The predicted octanol–water partition coefficient (Wildman–Crippen LogP) is 17.3. The predicted molar refractivity (Wildman–Crippen MR) is 395 cm³/mol. The van der Waals surface area contributed by atoms with Gasteiger partial charge in [-0.3, -0.25) is 19.2 Å². The average Bonchev–Trinajstić information content (AvgIpc) is 0.788. The summed E-state index contributed by atoms with van der Waals surface area (Å²) in [5.74, 6) is 2.60. The van der Waals surface area contributed by atoms with Gasteiger partial charge in [-0.2, -0.15) is 0 Å². The van der Waals surface area contributed by atoms with E-state index in [1.54, 1.807) is 39.0 Å². The van der Waals surface area contributed by atoms with E-state index in [0.29, 0.717) is 48.3 Å². The minimum Gasteiger partial charge on any atom is -0.513 e. The number of carbonyl (C=O) groups excluding carboxylic acids is 3. The van der Waals surface area contributed by atoms with Crippen LogP contribution in [0.5, 0.6) is 0 Å². The second-order valence-corrected chi connectivity index (χ2v) is 36.0. The molecule has 0 bridgehead atoms. The van der Waals surface area contributed by atoms with Crippen molar-refractivity contribution in [2.75, 3.05) is 0 Å². The molecule has 0 heterocycles. The number of aliphatic carboxylic acids is 1. The van der Waals surface area contributed by atoms with Crippen LogP contribution in [0.25, 0.3) is 0 Å². The molecule has 12 atom stereocenters. The third-order valence-electron chi connectivity index (χ3n) is 26.0. The first kappa shape index (κ1) is 90.5. The Balaban J connectivity index is 0.000000392. The number of carboxylic acid groups (broad SMARTS) is 2. The third kappa shape index (κ3) is 24.3. The minimum atomic E-state index is -0.911. The highest BCUT2D eigenvalue weighted by molar-refractivity contribution is 5.88. The maximum atomic E-state index is 11.5. The van der Waals surface area contributed by atoms with E-state index in [0.717, 1.165) is 127 Å². The van der Waals surface area contributed by atoms with Gasteiger partial charge >= 0.3 is 11.9 Å². The zero-order chi connectivity index (χ0) is 76.0. The molecule has 10 N–H and O–H groups in total. The quantitative estimate of drug-likeness (QED) is 0.0775. The lowest BCUT2D eigenvalue weighted by atomic mass is 9.60. The topological polar surface area (TPSA) is 288 Å². The van der Waals surface area contributed by atoms with Crippen molar-refractivity contribution in [2.45, 2.75) is 347 Å². The number of carbonyl (C=O) groups is 5. The number of aliphatic hydroxyl groups is 8. The molecular formula is C83H146O15. The van der Waals surface area contributed by atoms with Gasteiger partial charge in [0.15, 0.2) is 0 Å². The van der Waals surface area contributed by atoms with Crippen LogP contribution in [0.15, 0.2) is 30.5 Å². The minimum absolute atomic E-state index is 0.0664. The molecule has 7 aliphatic carbocycles. The summed E-state index contributed by atoms with van der Waals surface area (Å²) >= 11 is 0. The molecule has 1 aromatic carbocycles. The Bertz CT molecular complexity index is 2600. The number of benzene rings is 1. The van der Waals surface area contributed by atoms with Crippen molar-refractivity contribution in [1.82, 2.24) is 0 Å². The van der Waals surface area contributed by atoms with E-state index >= 15 is 0 Å². The van der Waals surface area contributed by atoms with Crippen LogP contribution in [0.2, 0.25) is 0 Å². The van der Waals surface area contributed by atoms with Gasteiger partial charge in [0.2, 0.25) is 0 Å². The number of allylic oxidation sites excluding steroid dienone is 1. The monoisotopic (exact) mass is 1380 g/mol. The third-order valence-corrected chi connectivity index (χ3v) is 26.0. The first-order chi connectivity index (χ1) is 44.6. The SMILES string of the molecule is C=C(O)C1CCC(C(C)(O)C(C)C)CC1.CC(=O)C1CCC(O)(C(C)C)CC1(C)C.CC(=O)C1CCC(O)(C(C)C)CC1(C)C.CC(=O)C1CCC(O)(C(C)C)CC1C.CC(C)C1(O)CCC1.CC(C)C1(O)CCCc2cc(C(=O)O)ccc21.CC1CC(O)(C(C)C)CCC1C(=O)O. The first-order valence-electron chi connectivity index (χ1n) is 38.1. The molecule has 12 unspecified atom stereocenters. The van der Waals surface area contributed by atoms with Crippen LogP contribution in [0.4, 0.5) is 0 Å². The van der Waals surface area contributed by atoms with Gasteiger partial charge < -0.3 is 51.1 Å². The maximum absolute atomic E-state index is 11.5. The second-order valence-electron chi connectivity index (χ2n) is 36.0. The number of aliphatic hydroxyl groups excluding tert-OH is 1. The molecule has 15 nitrogen and oxygen atoms in total. The summed E-state index contributed by atoms with van der Waals surface area (Å²) in [5, 5.41) is 99.2. The van der Waals surface area contributed by atoms with Gasteiger partial charge in [0, 0.05) is 23.7 Å². The van der Waals surface area contributed by atoms with E-state index in [1.165, 1.54) is 6.42 Å². The smallest absolute Gasteiger partial charge is 0.335 e. The largest absolute Gasteiger partial charge is 0.513 e. The summed E-state index contributed by atoms with van der Waals surface area (Å²) in [6.45, 7) is 51.6. The van der Waals surface area contributed by atoms with Gasteiger partial charge in [-0.15, -0.1) is 0 Å². The molecule has 7 aliphatic rings. The van der Waals surface area contributed by atoms with Crippen molar-refractivity contribution in [1.29, 1.82) is 0 Å². The zero-order valence-corrected chi connectivity index (χ0v) is 66.2. The number of rotatable bonds is 14. The Morgan fingerprint density at radius 1 is 0.490 bits per heavy atom. The number of carboxylic acids is 2. The summed E-state index contributed by atoms with van der Waals surface area (Å²) < 4.78 is 0. The van der Waals surface area contributed by atoms with Crippen molar-refractivity contribution >= 4 is 29.3 Å². The summed E-state index contributed by atoms with van der Waals surface area (Å²) in [5.41, 5.74) is -1.92. The van der Waals surface area contributed by atoms with Crippen molar-refractivity contribution in [3.63, 3.8) is 0 Å². The summed E-state index contributed by atoms with van der Waals surface area (Å²) in [7, 11) is 0. The van der Waals surface area contributed by atoms with E-state index < -0.39 is 45.5 Å². The highest BCUT2D eigenvalue weighted by Crippen LogP contribution is 2.51. The molecule has 0 spiro atoms. The fourth-order valence-electron chi connectivity index (χ4n) is 17.3. The Morgan fingerprint density at radius 3 is 1.15 bits per heavy atom. The highest BCUT2D eigenvalue weighted by Gasteiger charge is 2.50. The van der Waals surface area contributed by atoms with Crippen LogP contribution < -0.4 is 0 Å². The normalized spacial score (nSPS) is 32.9. The fourth-order valence-corrected chi connectivity index (χ4v) is 17.3. The molecule has 0 saturated heterocycles. The molecule has 0 aromatic heterocycles. The second kappa shape index (κ2) is 36.7. The van der Waals surface area contributed by atoms with Crippen molar-refractivity contribution in [3.8, 4) is 0 Å². The Labute approximate surface area is 595 Å². The number of hydrogen-bond donors (Lipinski definition) is 10. The van der Waals surface area contributed by atoms with E-state index in [-0.39, 0.29) is 105 Å². The van der Waals surface area contributed by atoms with Crippen LogP contribution in [-0.4, -0.2) is 114 Å². The number of aromatic carboxylic acids is 1. The Hall–Kier alpha value is -3.57. The van der Waals surface area contributed by atoms with Crippen LogP contribution in [0.3, 0.4) is 0 Å². The van der Waals surface area contributed by atoms with Gasteiger partial charge in [0.05, 0.1) is 56.4 Å². The Morgan fingerprint density at radius 2 is 0.878 bits per heavy atom.